The van der Waals surface area contributed by atoms with Crippen LogP contribution in [0.2, 0.25) is 0 Å². The van der Waals surface area contributed by atoms with E-state index in [4.69, 9.17) is 0 Å². The largest absolute Gasteiger partial charge is 0.508 e. The van der Waals surface area contributed by atoms with Crippen molar-refractivity contribution in [3.63, 3.8) is 0 Å². The molecule has 0 saturated carbocycles. The zero-order valence-corrected chi connectivity index (χ0v) is 11.4. The summed E-state index contributed by atoms with van der Waals surface area (Å²) in [5.74, 6) is 0.246. The van der Waals surface area contributed by atoms with Crippen molar-refractivity contribution >= 4 is 34.0 Å². The number of phenols is 1. The maximum absolute atomic E-state index is 9.28. The van der Waals surface area contributed by atoms with Crippen molar-refractivity contribution in [3.05, 3.63) is 51.6 Å². The Bertz CT molecular complexity index is 550. The summed E-state index contributed by atoms with van der Waals surface area (Å²) in [6.07, 6.45) is 0. The summed E-state index contributed by atoms with van der Waals surface area (Å²) in [4.78, 5) is 0. The number of nitrogens with zero attached hydrogens (tertiary/aromatic N) is 2. The molecule has 0 aromatic heterocycles. The number of aryl methyl sites for hydroxylation is 1. The molecule has 86 valence electrons. The van der Waals surface area contributed by atoms with Crippen molar-refractivity contribution in [3.8, 4) is 5.75 Å². The first-order chi connectivity index (χ1) is 8.15. The van der Waals surface area contributed by atoms with Gasteiger partial charge in [0.1, 0.15) is 5.75 Å². The van der Waals surface area contributed by atoms with E-state index >= 15 is 0 Å². The van der Waals surface area contributed by atoms with Crippen LogP contribution in [0.15, 0.2) is 52.7 Å². The van der Waals surface area contributed by atoms with Crippen LogP contribution in [-0.2, 0) is 0 Å². The minimum absolute atomic E-state index is 0.246. The molecule has 2 aromatic carbocycles. The van der Waals surface area contributed by atoms with E-state index in [1.165, 1.54) is 3.57 Å². The maximum atomic E-state index is 9.28. The van der Waals surface area contributed by atoms with Gasteiger partial charge in [-0.25, -0.2) is 0 Å². The Balaban J connectivity index is 2.23. The number of benzene rings is 2. The number of halogens is 1. The van der Waals surface area contributed by atoms with Crippen molar-refractivity contribution < 1.29 is 5.11 Å². The minimum atomic E-state index is 0.246. The van der Waals surface area contributed by atoms with E-state index in [0.717, 1.165) is 16.9 Å². The van der Waals surface area contributed by atoms with Crippen LogP contribution in [0, 0.1) is 10.5 Å². The monoisotopic (exact) mass is 338 g/mol. The average molecular weight is 338 g/mol. The molecular weight excluding hydrogens is 327 g/mol. The standard InChI is InChI=1S/C13H11IN2O/c1-9-8-12(17)6-7-13(9)16-15-11-4-2-10(14)3-5-11/h2-8,17H,1H3. The Kier molecular flexibility index (Phi) is 3.73. The van der Waals surface area contributed by atoms with Crippen molar-refractivity contribution in [1.29, 1.82) is 0 Å². The Morgan fingerprint density at radius 3 is 2.35 bits per heavy atom. The predicted octanol–water partition coefficient (Wildman–Crippen LogP) is 4.72. The number of azo groups is 1. The summed E-state index contributed by atoms with van der Waals surface area (Å²) in [5.41, 5.74) is 2.48. The lowest BCUT2D eigenvalue weighted by atomic mass is 10.2. The number of rotatable bonds is 2. The number of phenolic OH excluding ortho intramolecular Hbond substituents is 1. The fourth-order valence-electron chi connectivity index (χ4n) is 1.37. The van der Waals surface area contributed by atoms with E-state index in [-0.39, 0.29) is 5.75 Å². The van der Waals surface area contributed by atoms with Gasteiger partial charge >= 0.3 is 0 Å². The molecule has 0 heterocycles. The molecule has 0 bridgehead atoms. The van der Waals surface area contributed by atoms with Gasteiger partial charge in [-0.3, -0.25) is 0 Å². The average Bonchev–Trinajstić information content (AvgIpc) is 2.30. The summed E-state index contributed by atoms with van der Waals surface area (Å²) in [7, 11) is 0. The lowest BCUT2D eigenvalue weighted by Gasteiger charge is -1.99. The van der Waals surface area contributed by atoms with Gasteiger partial charge in [-0.2, -0.15) is 10.2 Å². The highest BCUT2D eigenvalue weighted by atomic mass is 127. The molecule has 0 aliphatic heterocycles. The zero-order chi connectivity index (χ0) is 12.3. The third kappa shape index (κ3) is 3.26. The van der Waals surface area contributed by atoms with Gasteiger partial charge in [0.05, 0.1) is 11.4 Å². The van der Waals surface area contributed by atoms with Crippen LogP contribution >= 0.6 is 22.6 Å². The molecule has 0 saturated heterocycles. The third-order valence-corrected chi connectivity index (χ3v) is 3.00. The van der Waals surface area contributed by atoms with Gasteiger partial charge in [0.15, 0.2) is 0 Å². The van der Waals surface area contributed by atoms with E-state index in [0.29, 0.717) is 0 Å². The van der Waals surface area contributed by atoms with Crippen LogP contribution in [-0.4, -0.2) is 5.11 Å². The summed E-state index contributed by atoms with van der Waals surface area (Å²) in [5, 5.41) is 17.6. The topological polar surface area (TPSA) is 45.0 Å². The van der Waals surface area contributed by atoms with Crippen LogP contribution in [0.5, 0.6) is 5.75 Å². The van der Waals surface area contributed by atoms with Crippen LogP contribution in [0.1, 0.15) is 5.56 Å². The van der Waals surface area contributed by atoms with E-state index in [2.05, 4.69) is 32.8 Å². The highest BCUT2D eigenvalue weighted by molar-refractivity contribution is 14.1. The van der Waals surface area contributed by atoms with Crippen molar-refractivity contribution in [1.82, 2.24) is 0 Å². The van der Waals surface area contributed by atoms with Crippen molar-refractivity contribution in [2.24, 2.45) is 10.2 Å². The Morgan fingerprint density at radius 1 is 1.00 bits per heavy atom. The van der Waals surface area contributed by atoms with Gasteiger partial charge in [-0.05, 0) is 77.5 Å². The molecule has 3 nitrogen and oxygen atoms in total. The quantitative estimate of drug-likeness (QED) is 0.625. The van der Waals surface area contributed by atoms with Gasteiger partial charge in [0, 0.05) is 3.57 Å². The molecule has 0 atom stereocenters. The molecular formula is C13H11IN2O. The highest BCUT2D eigenvalue weighted by Crippen LogP contribution is 2.25. The second-order valence-corrected chi connectivity index (χ2v) is 4.89. The van der Waals surface area contributed by atoms with Crippen LogP contribution in [0.4, 0.5) is 11.4 Å². The fourth-order valence-corrected chi connectivity index (χ4v) is 1.73. The van der Waals surface area contributed by atoms with Crippen LogP contribution in [0.3, 0.4) is 0 Å². The number of hydrogen-bond acceptors (Lipinski definition) is 3. The van der Waals surface area contributed by atoms with Crippen molar-refractivity contribution in [2.75, 3.05) is 0 Å². The van der Waals surface area contributed by atoms with Gasteiger partial charge in [0.2, 0.25) is 0 Å². The van der Waals surface area contributed by atoms with Crippen molar-refractivity contribution in [2.45, 2.75) is 6.92 Å². The molecule has 0 aliphatic carbocycles. The maximum Gasteiger partial charge on any atom is 0.115 e. The van der Waals surface area contributed by atoms with Gasteiger partial charge in [-0.15, -0.1) is 0 Å². The normalized spacial score (nSPS) is 10.9. The van der Waals surface area contributed by atoms with Gasteiger partial charge in [0.25, 0.3) is 0 Å². The van der Waals surface area contributed by atoms with Crippen LogP contribution < -0.4 is 0 Å². The Labute approximate surface area is 113 Å². The molecule has 0 aliphatic rings. The van der Waals surface area contributed by atoms with E-state index in [9.17, 15) is 5.11 Å². The molecule has 2 rings (SSSR count). The SMILES string of the molecule is Cc1cc(O)ccc1N=Nc1ccc(I)cc1. The molecule has 2 aromatic rings. The van der Waals surface area contributed by atoms with Gasteiger partial charge in [-0.1, -0.05) is 0 Å². The Hall–Kier alpha value is -1.43. The van der Waals surface area contributed by atoms with E-state index in [1.807, 2.05) is 31.2 Å². The van der Waals surface area contributed by atoms with E-state index < -0.39 is 0 Å². The first-order valence-corrected chi connectivity index (χ1v) is 6.20. The molecule has 4 heteroatoms. The summed E-state index contributed by atoms with van der Waals surface area (Å²) < 4.78 is 1.17. The molecule has 17 heavy (non-hydrogen) atoms. The number of aromatic hydroxyl groups is 1. The first-order valence-electron chi connectivity index (χ1n) is 5.12. The zero-order valence-electron chi connectivity index (χ0n) is 9.26. The second kappa shape index (κ2) is 5.27. The predicted molar refractivity (Wildman–Crippen MR) is 76.2 cm³/mol. The van der Waals surface area contributed by atoms with Gasteiger partial charge < -0.3 is 5.11 Å². The lowest BCUT2D eigenvalue weighted by molar-refractivity contribution is 0.475. The summed E-state index contributed by atoms with van der Waals surface area (Å²) in [6, 6.07) is 12.8. The van der Waals surface area contributed by atoms with E-state index in [1.54, 1.807) is 18.2 Å². The fraction of sp³-hybridized carbons (Fsp3) is 0.0769. The minimum Gasteiger partial charge on any atom is -0.508 e. The molecule has 0 fully saturated rings. The first kappa shape index (κ1) is 12.0. The molecule has 1 N–H and O–H groups in total. The smallest absolute Gasteiger partial charge is 0.115 e. The number of hydrogen-bond donors (Lipinski definition) is 1. The highest BCUT2D eigenvalue weighted by Gasteiger charge is 1.97. The van der Waals surface area contributed by atoms with Crippen LogP contribution in [0.25, 0.3) is 0 Å². The summed E-state index contributed by atoms with van der Waals surface area (Å²) in [6.45, 7) is 1.89. The summed E-state index contributed by atoms with van der Waals surface area (Å²) >= 11 is 2.25. The second-order valence-electron chi connectivity index (χ2n) is 3.65. The molecule has 0 radical (unpaired) electrons. The molecule has 0 spiro atoms. The third-order valence-electron chi connectivity index (χ3n) is 2.28. The molecule has 0 amide bonds. The Morgan fingerprint density at radius 2 is 1.71 bits per heavy atom. The molecule has 0 unspecified atom stereocenters. The lowest BCUT2D eigenvalue weighted by Crippen LogP contribution is -1.73.